The molecule has 1 aromatic heterocycles. The Morgan fingerprint density at radius 3 is 2.34 bits per heavy atom. The van der Waals surface area contributed by atoms with Gasteiger partial charge in [0.2, 0.25) is 0 Å². The summed E-state index contributed by atoms with van der Waals surface area (Å²) in [5.74, 6) is -1.28. The molecule has 2 aliphatic rings. The van der Waals surface area contributed by atoms with E-state index < -0.39 is 36.1 Å². The molecule has 1 spiro atoms. The van der Waals surface area contributed by atoms with Crippen LogP contribution in [0.3, 0.4) is 0 Å². The Bertz CT molecular complexity index is 1260. The van der Waals surface area contributed by atoms with Gasteiger partial charge in [-0.05, 0) is 65.7 Å². The van der Waals surface area contributed by atoms with E-state index in [1.807, 2.05) is 25.7 Å². The smallest absolute Gasteiger partial charge is 0.410 e. The number of piperidine rings is 1. The van der Waals surface area contributed by atoms with Gasteiger partial charge in [-0.1, -0.05) is 0 Å². The third-order valence-electron chi connectivity index (χ3n) is 7.11. The average Bonchev–Trinajstić information content (AvgIpc) is 2.85. The second-order valence-electron chi connectivity index (χ2n) is 11.9. The summed E-state index contributed by atoms with van der Waals surface area (Å²) in [6, 6.07) is 2.34. The number of aromatic nitrogens is 2. The third-order valence-corrected chi connectivity index (χ3v) is 7.11. The van der Waals surface area contributed by atoms with Crippen molar-refractivity contribution >= 4 is 17.8 Å². The van der Waals surface area contributed by atoms with Crippen LogP contribution in [0.4, 0.5) is 28.2 Å². The number of hydrogen-bond donors (Lipinski definition) is 0. The number of rotatable bonds is 6. The molecule has 9 nitrogen and oxygen atoms in total. The molecule has 0 atom stereocenters. The highest BCUT2D eigenvalue weighted by Gasteiger charge is 2.47. The lowest BCUT2D eigenvalue weighted by Gasteiger charge is -2.54. The predicted octanol–water partition coefficient (Wildman–Crippen LogP) is 5.66. The fourth-order valence-corrected chi connectivity index (χ4v) is 5.05. The van der Waals surface area contributed by atoms with E-state index in [4.69, 9.17) is 9.47 Å². The number of alkyl halides is 3. The van der Waals surface area contributed by atoms with E-state index in [0.29, 0.717) is 36.9 Å². The van der Waals surface area contributed by atoms with E-state index in [9.17, 15) is 27.2 Å². The van der Waals surface area contributed by atoms with Crippen LogP contribution in [0.1, 0.15) is 57.8 Å². The quantitative estimate of drug-likeness (QED) is 0.407. The molecule has 0 radical (unpaired) electrons. The minimum atomic E-state index is -4.63. The minimum Gasteiger partial charge on any atom is -0.451 e. The largest absolute Gasteiger partial charge is 0.451 e. The Kier molecular flexibility index (Phi) is 8.38. The molecule has 224 valence electrons. The van der Waals surface area contributed by atoms with Crippen LogP contribution >= 0.6 is 0 Å². The molecular formula is C28H35F4N5O4. The Morgan fingerprint density at radius 2 is 1.76 bits per heavy atom. The van der Waals surface area contributed by atoms with E-state index in [1.54, 1.807) is 4.90 Å². The lowest BCUT2D eigenvalue weighted by Crippen LogP contribution is -2.61. The first-order valence-electron chi connectivity index (χ1n) is 13.4. The Morgan fingerprint density at radius 1 is 1.10 bits per heavy atom. The zero-order chi connectivity index (χ0) is 30.2. The van der Waals surface area contributed by atoms with Crippen LogP contribution in [0.15, 0.2) is 30.7 Å². The average molecular weight is 582 g/mol. The summed E-state index contributed by atoms with van der Waals surface area (Å²) in [5.41, 5.74) is -0.927. The first-order valence-corrected chi connectivity index (χ1v) is 13.4. The van der Waals surface area contributed by atoms with Crippen LogP contribution in [-0.4, -0.2) is 82.3 Å². The number of carbonyl (C=O) groups is 2. The van der Waals surface area contributed by atoms with Gasteiger partial charge in [-0.25, -0.2) is 19.2 Å². The lowest BCUT2D eigenvalue weighted by atomic mass is 9.72. The van der Waals surface area contributed by atoms with Crippen molar-refractivity contribution < 1.29 is 36.6 Å². The monoisotopic (exact) mass is 581 g/mol. The number of halogens is 4. The van der Waals surface area contributed by atoms with Crippen LogP contribution in [0, 0.1) is 11.2 Å². The van der Waals surface area contributed by atoms with Crippen molar-refractivity contribution in [3.63, 3.8) is 0 Å². The molecule has 0 aliphatic carbocycles. The van der Waals surface area contributed by atoms with Gasteiger partial charge in [0.15, 0.2) is 11.6 Å². The maximum Gasteiger partial charge on any atom is 0.410 e. The van der Waals surface area contributed by atoms with Crippen LogP contribution in [0.5, 0.6) is 11.5 Å². The van der Waals surface area contributed by atoms with Gasteiger partial charge < -0.3 is 24.2 Å². The number of likely N-dealkylation sites (tertiary alicyclic amines) is 1. The third kappa shape index (κ3) is 7.36. The highest BCUT2D eigenvalue weighted by Crippen LogP contribution is 2.45. The van der Waals surface area contributed by atoms with Gasteiger partial charge in [-0.2, -0.15) is 13.2 Å². The minimum absolute atomic E-state index is 0.0207. The molecule has 0 bridgehead atoms. The van der Waals surface area contributed by atoms with Crippen molar-refractivity contribution in [1.29, 1.82) is 0 Å². The molecule has 2 aromatic rings. The van der Waals surface area contributed by atoms with Crippen molar-refractivity contribution in [2.45, 2.75) is 65.3 Å². The maximum atomic E-state index is 14.2. The Balaban J connectivity index is 1.48. The number of amides is 2. The molecule has 0 saturated carbocycles. The number of nitrogens with zero attached hydrogens (tertiary/aromatic N) is 5. The van der Waals surface area contributed by atoms with Gasteiger partial charge in [-0.15, -0.1) is 0 Å². The summed E-state index contributed by atoms with van der Waals surface area (Å²) < 4.78 is 65.2. The topological polar surface area (TPSA) is 88.1 Å². The van der Waals surface area contributed by atoms with E-state index in [1.165, 1.54) is 32.4 Å². The fraction of sp³-hybridized carbons (Fsp3) is 0.571. The fourth-order valence-electron chi connectivity index (χ4n) is 5.05. The highest BCUT2D eigenvalue weighted by molar-refractivity contribution is 5.97. The van der Waals surface area contributed by atoms with E-state index in [0.717, 1.165) is 25.0 Å². The van der Waals surface area contributed by atoms with Crippen molar-refractivity contribution in [1.82, 2.24) is 19.8 Å². The van der Waals surface area contributed by atoms with Crippen molar-refractivity contribution in [2.24, 2.45) is 5.41 Å². The van der Waals surface area contributed by atoms with Gasteiger partial charge in [0.25, 0.3) is 5.91 Å². The number of anilines is 1. The SMILES string of the molecule is CC(C)N(CC(F)(F)F)C(=O)c1cc(F)ccc1Oc1cncnc1N1CC2(CCN(C(=O)OC(C)(C)C)CC2)C1. The number of hydrogen-bond acceptors (Lipinski definition) is 7. The number of ether oxygens (including phenoxy) is 2. The van der Waals surface area contributed by atoms with Gasteiger partial charge in [0.1, 0.15) is 30.0 Å². The molecule has 41 heavy (non-hydrogen) atoms. The zero-order valence-corrected chi connectivity index (χ0v) is 23.8. The molecule has 0 N–H and O–H groups in total. The summed E-state index contributed by atoms with van der Waals surface area (Å²) in [7, 11) is 0. The summed E-state index contributed by atoms with van der Waals surface area (Å²) in [4.78, 5) is 38.3. The second-order valence-corrected chi connectivity index (χ2v) is 11.9. The number of carbonyl (C=O) groups excluding carboxylic acids is 2. The van der Waals surface area contributed by atoms with Gasteiger partial charge in [0.05, 0.1) is 11.8 Å². The summed E-state index contributed by atoms with van der Waals surface area (Å²) in [5, 5.41) is 0. The van der Waals surface area contributed by atoms with Crippen molar-refractivity contribution in [3.8, 4) is 11.5 Å². The number of benzene rings is 1. The first-order chi connectivity index (χ1) is 19.1. The lowest BCUT2D eigenvalue weighted by molar-refractivity contribution is -0.143. The van der Waals surface area contributed by atoms with E-state index in [2.05, 4.69) is 9.97 Å². The molecule has 2 fully saturated rings. The molecule has 4 rings (SSSR count). The molecule has 0 unspecified atom stereocenters. The zero-order valence-electron chi connectivity index (χ0n) is 23.8. The summed E-state index contributed by atoms with van der Waals surface area (Å²) >= 11 is 0. The molecule has 1 aromatic carbocycles. The molecule has 2 aliphatic heterocycles. The molecule has 13 heteroatoms. The summed E-state index contributed by atoms with van der Waals surface area (Å²) in [6.07, 6.45) is -0.655. The van der Waals surface area contributed by atoms with E-state index >= 15 is 0 Å². The molecule has 2 saturated heterocycles. The standard InChI is InChI=1S/C28H35F4N5O4/c1-18(2)37(16-28(30,31)32)24(38)20-12-19(29)6-7-21(20)40-22-13-33-17-34-23(22)36-14-27(15-36)8-10-35(11-9-27)25(39)41-26(3,4)5/h6-7,12-13,17-18H,8-11,14-16H2,1-5H3. The highest BCUT2D eigenvalue weighted by atomic mass is 19.4. The maximum absolute atomic E-state index is 14.2. The van der Waals surface area contributed by atoms with Crippen LogP contribution < -0.4 is 9.64 Å². The molecular weight excluding hydrogens is 546 g/mol. The predicted molar refractivity (Wildman–Crippen MR) is 142 cm³/mol. The van der Waals surface area contributed by atoms with Crippen molar-refractivity contribution in [2.75, 3.05) is 37.6 Å². The van der Waals surface area contributed by atoms with Crippen molar-refractivity contribution in [3.05, 3.63) is 42.1 Å². The van der Waals surface area contributed by atoms with Gasteiger partial charge in [-0.3, -0.25) is 4.79 Å². The first kappa shape index (κ1) is 30.3. The molecule has 3 heterocycles. The van der Waals surface area contributed by atoms with Crippen LogP contribution in [0.25, 0.3) is 0 Å². The molecule has 2 amide bonds. The normalized spacial score (nSPS) is 16.9. The second kappa shape index (κ2) is 11.3. The van der Waals surface area contributed by atoms with Crippen LogP contribution in [-0.2, 0) is 4.74 Å². The summed E-state index contributed by atoms with van der Waals surface area (Å²) in [6.45, 7) is 9.33. The van der Waals surface area contributed by atoms with Crippen LogP contribution in [0.2, 0.25) is 0 Å². The Labute approximate surface area is 236 Å². The van der Waals surface area contributed by atoms with Gasteiger partial charge in [0, 0.05) is 37.6 Å². The van der Waals surface area contributed by atoms with Gasteiger partial charge >= 0.3 is 12.3 Å². The Hall–Kier alpha value is -3.64. The van der Waals surface area contributed by atoms with E-state index in [-0.39, 0.29) is 28.6 Å².